The summed E-state index contributed by atoms with van der Waals surface area (Å²) in [7, 11) is 2.58. The first-order chi connectivity index (χ1) is 28.0. The van der Waals surface area contributed by atoms with Gasteiger partial charge in [0.1, 0.15) is 23.7 Å². The lowest BCUT2D eigenvalue weighted by Crippen LogP contribution is -2.51. The number of benzene rings is 2. The highest BCUT2D eigenvalue weighted by molar-refractivity contribution is 5.89. The van der Waals surface area contributed by atoms with E-state index in [2.05, 4.69) is 47.8 Å². The summed E-state index contributed by atoms with van der Waals surface area (Å²) in [5.74, 6) is 1.18. The Morgan fingerprint density at radius 3 is 2.29 bits per heavy atom. The van der Waals surface area contributed by atoms with E-state index in [1.54, 1.807) is 0 Å². The first-order valence-electron chi connectivity index (χ1n) is 20.3. The number of hydrogen-bond donors (Lipinski definition) is 5. The molecule has 308 valence electrons. The molecule has 5 aromatic rings. The standard InChI is InChI=1S/C43H55N9O6/c1-7-25(3)37(50-42(55)57-5)40(53)44-20-10-9-13-36-45-24-34(47-36)28-15-18-30-27(22-28)14-17-31(46-30)29-16-19-32-33(23-29)49-39(48-32)35-12-11-21-52(35)41(54)38(26(4)8-2)51-43(56)58-6/h14-19,22-26,35,37-38H,7-13,20-21H2,1-6H3,(H,44,53)(H,45,47)(H,48,49)(H,50,55)(H,51,56). The SMILES string of the molecule is CCC(C)C(NC(=O)OC)C(=O)NCCCCc1ncc(-c2ccc3nc(-c4ccc5nc(C6CCCN6C(=O)C(NC(=O)OC)C(C)CC)[nH]c5c4)ccc3c2)[nH]1. The van der Waals surface area contributed by atoms with Crippen LogP contribution in [0.25, 0.3) is 44.5 Å². The van der Waals surface area contributed by atoms with Crippen molar-refractivity contribution in [2.75, 3.05) is 27.3 Å². The van der Waals surface area contributed by atoms with Crippen LogP contribution >= 0.6 is 0 Å². The number of amides is 4. The molecule has 4 heterocycles. The minimum absolute atomic E-state index is 0.0231. The van der Waals surface area contributed by atoms with Gasteiger partial charge in [-0.05, 0) is 67.9 Å². The monoisotopic (exact) mass is 793 g/mol. The average Bonchev–Trinajstić information content (AvgIpc) is 4.03. The van der Waals surface area contributed by atoms with Crippen molar-refractivity contribution in [1.82, 2.24) is 45.8 Å². The number of unbranched alkanes of at least 4 members (excludes halogenated alkanes) is 1. The summed E-state index contributed by atoms with van der Waals surface area (Å²) in [5, 5.41) is 9.33. The summed E-state index contributed by atoms with van der Waals surface area (Å²) < 4.78 is 9.49. The van der Waals surface area contributed by atoms with Crippen LogP contribution in [0.2, 0.25) is 0 Å². The van der Waals surface area contributed by atoms with Gasteiger partial charge in [0.2, 0.25) is 11.8 Å². The largest absolute Gasteiger partial charge is 0.453 e. The molecule has 0 aliphatic carbocycles. The number of hydrogen-bond acceptors (Lipinski definition) is 9. The minimum atomic E-state index is -0.681. The number of H-pyrrole nitrogens is 2. The van der Waals surface area contributed by atoms with Crippen LogP contribution in [0.5, 0.6) is 0 Å². The van der Waals surface area contributed by atoms with Crippen LogP contribution in [0.3, 0.4) is 0 Å². The van der Waals surface area contributed by atoms with Crippen LogP contribution in [0.15, 0.2) is 54.7 Å². The zero-order chi connectivity index (χ0) is 41.3. The van der Waals surface area contributed by atoms with Gasteiger partial charge in [-0.3, -0.25) is 9.59 Å². The van der Waals surface area contributed by atoms with Crippen LogP contribution in [0.1, 0.15) is 83.9 Å². The molecule has 1 aliphatic heterocycles. The number of imidazole rings is 2. The molecule has 0 radical (unpaired) electrons. The van der Waals surface area contributed by atoms with E-state index in [4.69, 9.17) is 14.7 Å². The molecule has 4 amide bonds. The van der Waals surface area contributed by atoms with Crippen molar-refractivity contribution in [3.05, 3.63) is 66.4 Å². The zero-order valence-corrected chi connectivity index (χ0v) is 34.2. The summed E-state index contributed by atoms with van der Waals surface area (Å²) in [6.07, 6.45) is 6.03. The predicted octanol–water partition coefficient (Wildman–Crippen LogP) is 6.81. The highest BCUT2D eigenvalue weighted by Gasteiger charge is 2.38. The van der Waals surface area contributed by atoms with Crippen molar-refractivity contribution in [3.63, 3.8) is 0 Å². The Morgan fingerprint density at radius 1 is 0.845 bits per heavy atom. The number of aromatic amines is 2. The molecule has 3 aromatic heterocycles. The Balaban J connectivity index is 1.07. The summed E-state index contributed by atoms with van der Waals surface area (Å²) in [4.78, 5) is 73.5. The van der Waals surface area contributed by atoms with E-state index in [0.717, 1.165) is 101 Å². The van der Waals surface area contributed by atoms with Gasteiger partial charge in [-0.1, -0.05) is 58.7 Å². The van der Waals surface area contributed by atoms with Crippen LogP contribution in [0.4, 0.5) is 9.59 Å². The number of alkyl carbamates (subject to hydrolysis) is 2. The zero-order valence-electron chi connectivity index (χ0n) is 34.2. The van der Waals surface area contributed by atoms with Crippen LogP contribution in [-0.2, 0) is 25.5 Å². The number of methoxy groups -OCH3 is 2. The summed E-state index contributed by atoms with van der Waals surface area (Å²) in [6.45, 7) is 8.94. The second-order valence-corrected chi connectivity index (χ2v) is 15.1. The maximum absolute atomic E-state index is 13.8. The number of ether oxygens (including phenoxy) is 2. The first kappa shape index (κ1) is 41.6. The van der Waals surface area contributed by atoms with Gasteiger partial charge in [0.15, 0.2) is 0 Å². The summed E-state index contributed by atoms with van der Waals surface area (Å²) in [5.41, 5.74) is 6.22. The van der Waals surface area contributed by atoms with E-state index >= 15 is 0 Å². The lowest BCUT2D eigenvalue weighted by molar-refractivity contribution is -0.135. The van der Waals surface area contributed by atoms with Crippen LogP contribution < -0.4 is 16.0 Å². The van der Waals surface area contributed by atoms with Gasteiger partial charge in [-0.15, -0.1) is 0 Å². The Hall–Kier alpha value is -5.99. The number of carbonyl (C=O) groups excluding carboxylic acids is 4. The van der Waals surface area contributed by atoms with E-state index < -0.39 is 24.3 Å². The highest BCUT2D eigenvalue weighted by atomic mass is 16.5. The van der Waals surface area contributed by atoms with Gasteiger partial charge < -0.3 is 40.3 Å². The van der Waals surface area contributed by atoms with Gasteiger partial charge in [0.25, 0.3) is 0 Å². The molecule has 0 spiro atoms. The van der Waals surface area contributed by atoms with Crippen molar-refractivity contribution in [1.29, 1.82) is 0 Å². The minimum Gasteiger partial charge on any atom is -0.453 e. The summed E-state index contributed by atoms with van der Waals surface area (Å²) in [6, 6.07) is 14.7. The molecule has 2 aromatic carbocycles. The molecular weight excluding hydrogens is 739 g/mol. The Morgan fingerprint density at radius 2 is 1.55 bits per heavy atom. The van der Waals surface area contributed by atoms with Crippen molar-refractivity contribution < 1.29 is 28.7 Å². The topological polar surface area (TPSA) is 196 Å². The fraction of sp³-hybridized carbons (Fsp3) is 0.465. The Bertz CT molecular complexity index is 2230. The number of rotatable bonds is 16. The number of likely N-dealkylation sites (tertiary alicyclic amines) is 1. The quantitative estimate of drug-likeness (QED) is 0.0667. The normalized spacial score (nSPS) is 16.1. The molecule has 1 aliphatic rings. The molecule has 5 N–H and O–H groups in total. The Labute approximate surface area is 338 Å². The van der Waals surface area contributed by atoms with Crippen molar-refractivity contribution in [2.45, 2.75) is 90.8 Å². The fourth-order valence-corrected chi connectivity index (χ4v) is 7.43. The molecule has 58 heavy (non-hydrogen) atoms. The van der Waals surface area contributed by atoms with Gasteiger partial charge >= 0.3 is 12.2 Å². The smallest absolute Gasteiger partial charge is 0.407 e. The number of nitrogens with zero attached hydrogens (tertiary/aromatic N) is 4. The molecule has 5 atom stereocenters. The maximum atomic E-state index is 13.8. The number of aromatic nitrogens is 5. The number of fused-ring (bicyclic) bond motifs is 2. The molecule has 15 nitrogen and oxygen atoms in total. The molecule has 5 unspecified atom stereocenters. The van der Waals surface area contributed by atoms with Gasteiger partial charge in [-0.2, -0.15) is 0 Å². The number of carbonyl (C=O) groups is 4. The molecule has 0 bridgehead atoms. The second kappa shape index (κ2) is 19.0. The van der Waals surface area contributed by atoms with Gasteiger partial charge in [-0.25, -0.2) is 24.5 Å². The summed E-state index contributed by atoms with van der Waals surface area (Å²) >= 11 is 0. The molecule has 6 rings (SSSR count). The van der Waals surface area contributed by atoms with Crippen LogP contribution in [0, 0.1) is 11.8 Å². The molecule has 15 heteroatoms. The Kier molecular flexibility index (Phi) is 13.6. The van der Waals surface area contributed by atoms with Crippen molar-refractivity contribution in [3.8, 4) is 22.5 Å². The lowest BCUT2D eigenvalue weighted by Gasteiger charge is -2.30. The predicted molar refractivity (Wildman–Crippen MR) is 222 cm³/mol. The number of pyridine rings is 1. The first-order valence-corrected chi connectivity index (χ1v) is 20.3. The second-order valence-electron chi connectivity index (χ2n) is 15.1. The fourth-order valence-electron chi connectivity index (χ4n) is 7.43. The van der Waals surface area contributed by atoms with Gasteiger partial charge in [0.05, 0.1) is 54.4 Å². The van der Waals surface area contributed by atoms with Crippen LogP contribution in [-0.4, -0.2) is 93.2 Å². The molecule has 0 saturated carbocycles. The van der Waals surface area contributed by atoms with E-state index in [-0.39, 0.29) is 29.7 Å². The van der Waals surface area contributed by atoms with Gasteiger partial charge in [0, 0.05) is 36.0 Å². The van der Waals surface area contributed by atoms with E-state index in [0.29, 0.717) is 13.1 Å². The van der Waals surface area contributed by atoms with E-state index in [9.17, 15) is 19.2 Å². The third-order valence-corrected chi connectivity index (χ3v) is 11.3. The van der Waals surface area contributed by atoms with Crippen molar-refractivity contribution >= 4 is 45.9 Å². The third kappa shape index (κ3) is 9.57. The third-order valence-electron chi connectivity index (χ3n) is 11.3. The lowest BCUT2D eigenvalue weighted by atomic mass is 9.97. The highest BCUT2D eigenvalue weighted by Crippen LogP contribution is 2.34. The number of nitrogens with one attached hydrogen (secondary N) is 5. The molecule has 1 fully saturated rings. The van der Waals surface area contributed by atoms with Crippen molar-refractivity contribution in [2.24, 2.45) is 11.8 Å². The van der Waals surface area contributed by atoms with E-state index in [1.807, 2.05) is 75.2 Å². The van der Waals surface area contributed by atoms with E-state index in [1.165, 1.54) is 14.2 Å². The molecule has 1 saturated heterocycles. The maximum Gasteiger partial charge on any atom is 0.407 e. The number of aryl methyl sites for hydroxylation is 1. The average molecular weight is 794 g/mol. The molecular formula is C43H55N9O6.